The summed E-state index contributed by atoms with van der Waals surface area (Å²) in [6, 6.07) is 20.4. The highest BCUT2D eigenvalue weighted by Gasteiger charge is 2.50. The number of nitrogens with one attached hydrogen (secondary N) is 1. The number of alkyl halides is 1. The molecule has 0 aromatic heterocycles. The number of anilines is 1. The first-order valence-corrected chi connectivity index (χ1v) is 12.7. The van der Waals surface area contributed by atoms with E-state index in [1.54, 1.807) is 19.1 Å². The summed E-state index contributed by atoms with van der Waals surface area (Å²) in [4.78, 5) is 23.9. The number of hydrogen-bond donors (Lipinski definition) is 1. The number of carbonyl (C=O) groups is 1. The molecule has 8 heteroatoms. The second-order valence-electron chi connectivity index (χ2n) is 8.78. The van der Waals surface area contributed by atoms with Gasteiger partial charge in [0.2, 0.25) is 0 Å². The quantitative estimate of drug-likeness (QED) is 0.166. The summed E-state index contributed by atoms with van der Waals surface area (Å²) in [6.45, 7) is 1.56. The number of fused-ring (bicyclic) bond motifs is 3. The van der Waals surface area contributed by atoms with Crippen LogP contribution in [0, 0.1) is 16.0 Å². The molecule has 1 aliphatic carbocycles. The summed E-state index contributed by atoms with van der Waals surface area (Å²) < 4.78 is 0. The molecule has 3 aromatic rings. The van der Waals surface area contributed by atoms with Crippen molar-refractivity contribution in [2.45, 2.75) is 40.8 Å². The van der Waals surface area contributed by atoms with Crippen LogP contribution in [0.2, 0.25) is 5.02 Å². The van der Waals surface area contributed by atoms with E-state index in [0.29, 0.717) is 15.5 Å². The molecule has 2 aliphatic rings. The van der Waals surface area contributed by atoms with Crippen molar-refractivity contribution >= 4 is 52.1 Å². The molecule has 5 nitrogen and oxygen atoms in total. The molecule has 0 unspecified atom stereocenters. The maximum Gasteiger partial charge on any atom is 0.282 e. The Morgan fingerprint density at radius 3 is 2.56 bits per heavy atom. The lowest BCUT2D eigenvalue weighted by molar-refractivity contribution is -0.387. The van der Waals surface area contributed by atoms with Gasteiger partial charge in [0, 0.05) is 33.5 Å². The summed E-state index contributed by atoms with van der Waals surface area (Å²) in [5.74, 6) is 0.158. The Labute approximate surface area is 212 Å². The number of nitro groups is 1. The van der Waals surface area contributed by atoms with Crippen LogP contribution in [0.25, 0.3) is 0 Å². The number of Topliss-reactive ketones (excluding diaryl/α,β-unsaturated/α-hetero) is 1. The van der Waals surface area contributed by atoms with Crippen molar-refractivity contribution in [1.82, 2.24) is 0 Å². The fourth-order valence-corrected chi connectivity index (χ4v) is 7.28. The van der Waals surface area contributed by atoms with Crippen LogP contribution in [0.5, 0.6) is 0 Å². The molecule has 174 valence electrons. The molecule has 1 N–H and O–H groups in total. The van der Waals surface area contributed by atoms with Crippen molar-refractivity contribution < 1.29 is 9.72 Å². The molecule has 5 atom stereocenters. The van der Waals surface area contributed by atoms with Crippen LogP contribution < -0.4 is 5.32 Å². The molecule has 1 fully saturated rings. The molecule has 34 heavy (non-hydrogen) atoms. The zero-order valence-electron chi connectivity index (χ0n) is 18.3. The second kappa shape index (κ2) is 9.25. The van der Waals surface area contributed by atoms with Crippen molar-refractivity contribution in [3.63, 3.8) is 0 Å². The highest BCUT2D eigenvalue weighted by atomic mass is 35.5. The first kappa shape index (κ1) is 23.2. The highest BCUT2D eigenvalue weighted by Crippen LogP contribution is 2.58. The van der Waals surface area contributed by atoms with E-state index in [4.69, 9.17) is 23.2 Å². The minimum atomic E-state index is -0.347. The summed E-state index contributed by atoms with van der Waals surface area (Å²) in [6.07, 6.45) is 0.777. The molecular weight excluding hydrogens is 491 g/mol. The van der Waals surface area contributed by atoms with E-state index in [1.165, 1.54) is 17.8 Å². The highest BCUT2D eigenvalue weighted by molar-refractivity contribution is 8.00. The van der Waals surface area contributed by atoms with Crippen LogP contribution >= 0.6 is 35.0 Å². The van der Waals surface area contributed by atoms with Crippen LogP contribution in [-0.2, 0) is 0 Å². The van der Waals surface area contributed by atoms with Gasteiger partial charge in [-0.15, -0.1) is 23.4 Å². The lowest BCUT2D eigenvalue weighted by atomic mass is 9.76. The van der Waals surface area contributed by atoms with Gasteiger partial charge in [0.05, 0.1) is 21.2 Å². The Kier molecular flexibility index (Phi) is 6.32. The minimum absolute atomic E-state index is 0.00170. The van der Waals surface area contributed by atoms with Crippen LogP contribution in [0.15, 0.2) is 71.6 Å². The summed E-state index contributed by atoms with van der Waals surface area (Å²) in [5.41, 5.74) is 3.86. The normalized spacial score (nSPS) is 25.2. The fraction of sp³-hybridized carbons (Fsp3) is 0.269. The SMILES string of the molecule is CC(=O)c1ccc2c(c1)[C@@H]1[C@@H](Cl)[C@@H](Sc3ccccc3[N+](=O)[O-])C[C@H]1[C@H](c1ccc(Cl)cc1)N2. The number of nitrogens with zero attached hydrogens (tertiary/aromatic N) is 1. The smallest absolute Gasteiger partial charge is 0.282 e. The van der Waals surface area contributed by atoms with Gasteiger partial charge in [0.15, 0.2) is 5.78 Å². The average Bonchev–Trinajstić information content (AvgIpc) is 3.15. The largest absolute Gasteiger partial charge is 0.378 e. The standard InChI is InChI=1S/C26H22Cl2N2O3S/c1-14(31)16-8-11-20-18(12-16)24-19(26(29-20)15-6-9-17(27)10-7-15)13-23(25(24)28)34-22-5-3-2-4-21(22)30(32)33/h2-12,19,23-26,29H,13H2,1H3/t19-,23+,24+,25+,26+/m1/s1. The van der Waals surface area contributed by atoms with Crippen LogP contribution in [0.1, 0.15) is 46.8 Å². The molecular formula is C26H22Cl2N2O3S. The van der Waals surface area contributed by atoms with E-state index in [1.807, 2.05) is 48.5 Å². The lowest BCUT2D eigenvalue weighted by Crippen LogP contribution is -2.31. The number of ketones is 1. The van der Waals surface area contributed by atoms with Gasteiger partial charge in [-0.05, 0) is 66.8 Å². The molecule has 5 rings (SSSR count). The first-order valence-electron chi connectivity index (χ1n) is 11.0. The predicted molar refractivity (Wildman–Crippen MR) is 137 cm³/mol. The molecule has 0 spiro atoms. The van der Waals surface area contributed by atoms with Crippen LogP contribution in [-0.4, -0.2) is 21.3 Å². The Morgan fingerprint density at radius 1 is 1.12 bits per heavy atom. The first-order chi connectivity index (χ1) is 16.3. The van der Waals surface area contributed by atoms with Crippen LogP contribution in [0.4, 0.5) is 11.4 Å². The predicted octanol–water partition coefficient (Wildman–Crippen LogP) is 7.49. The van der Waals surface area contributed by atoms with Gasteiger partial charge in [-0.1, -0.05) is 35.9 Å². The zero-order chi connectivity index (χ0) is 24.0. The molecule has 0 saturated heterocycles. The van der Waals surface area contributed by atoms with Gasteiger partial charge in [0.25, 0.3) is 5.69 Å². The number of halogens is 2. The summed E-state index contributed by atoms with van der Waals surface area (Å²) in [5, 5.41) is 15.6. The Bertz CT molecular complexity index is 1270. The van der Waals surface area contributed by atoms with Gasteiger partial charge in [-0.3, -0.25) is 14.9 Å². The van der Waals surface area contributed by atoms with Crippen molar-refractivity contribution in [2.24, 2.45) is 5.92 Å². The van der Waals surface area contributed by atoms with Gasteiger partial charge < -0.3 is 5.32 Å². The van der Waals surface area contributed by atoms with Gasteiger partial charge in [-0.2, -0.15) is 0 Å². The van der Waals surface area contributed by atoms with Crippen molar-refractivity contribution in [3.8, 4) is 0 Å². The Morgan fingerprint density at radius 2 is 1.85 bits per heavy atom. The van der Waals surface area contributed by atoms with Crippen molar-refractivity contribution in [1.29, 1.82) is 0 Å². The van der Waals surface area contributed by atoms with E-state index >= 15 is 0 Å². The average molecular weight is 513 g/mol. The topological polar surface area (TPSA) is 72.2 Å². The number of rotatable bonds is 5. The van der Waals surface area contributed by atoms with E-state index < -0.39 is 0 Å². The lowest BCUT2D eigenvalue weighted by Gasteiger charge is -2.38. The van der Waals surface area contributed by atoms with Crippen molar-refractivity contribution in [3.05, 3.63) is 98.6 Å². The second-order valence-corrected chi connectivity index (χ2v) is 11.0. The van der Waals surface area contributed by atoms with Crippen LogP contribution in [0.3, 0.4) is 0 Å². The maximum absolute atomic E-state index is 12.1. The number of carbonyl (C=O) groups excluding carboxylic acids is 1. The molecule has 0 amide bonds. The van der Waals surface area contributed by atoms with Gasteiger partial charge in [0.1, 0.15) is 0 Å². The third-order valence-corrected chi connectivity index (χ3v) is 9.15. The molecule has 1 heterocycles. The summed E-state index contributed by atoms with van der Waals surface area (Å²) >= 11 is 14.8. The number of thioether (sulfide) groups is 1. The summed E-state index contributed by atoms with van der Waals surface area (Å²) in [7, 11) is 0. The Hall–Kier alpha value is -2.54. The number of nitro benzene ring substituents is 1. The third kappa shape index (κ3) is 4.19. The van der Waals surface area contributed by atoms with Gasteiger partial charge in [-0.25, -0.2) is 0 Å². The van der Waals surface area contributed by atoms with Crippen molar-refractivity contribution in [2.75, 3.05) is 5.32 Å². The minimum Gasteiger partial charge on any atom is -0.378 e. The fourth-order valence-electron chi connectivity index (χ4n) is 5.21. The van der Waals surface area contributed by atoms with E-state index in [0.717, 1.165) is 23.2 Å². The zero-order valence-corrected chi connectivity index (χ0v) is 20.6. The monoisotopic (exact) mass is 512 g/mol. The molecule has 3 aromatic carbocycles. The molecule has 1 aliphatic heterocycles. The molecule has 0 bridgehead atoms. The number of benzene rings is 3. The van der Waals surface area contributed by atoms with E-state index in [-0.39, 0.29) is 44.9 Å². The Balaban J connectivity index is 1.55. The third-order valence-electron chi connectivity index (χ3n) is 6.79. The molecule has 1 saturated carbocycles. The number of para-hydroxylation sites is 1. The molecule has 0 radical (unpaired) electrons. The van der Waals surface area contributed by atoms with E-state index in [2.05, 4.69) is 5.32 Å². The number of hydrogen-bond acceptors (Lipinski definition) is 5. The van der Waals surface area contributed by atoms with Gasteiger partial charge >= 0.3 is 0 Å². The van der Waals surface area contributed by atoms with E-state index in [9.17, 15) is 14.9 Å². The maximum atomic E-state index is 12.1.